The second-order valence-corrected chi connectivity index (χ2v) is 8.18. The number of tetrazole rings is 1. The number of anilines is 2. The van der Waals surface area contributed by atoms with E-state index in [1.807, 2.05) is 37.3 Å². The maximum atomic E-state index is 6.35. The van der Waals surface area contributed by atoms with E-state index in [-0.39, 0.29) is 6.10 Å². The molecule has 0 amide bonds. The monoisotopic (exact) mass is 449 g/mol. The second-order valence-electron chi connectivity index (χ2n) is 7.77. The van der Waals surface area contributed by atoms with Crippen LogP contribution < -0.4 is 10.1 Å². The molecule has 4 aromatic rings. The number of hydrogen-bond acceptors (Lipinski definition) is 7. The number of nitrogens with one attached hydrogen (secondary N) is 1. The van der Waals surface area contributed by atoms with E-state index in [0.717, 1.165) is 16.8 Å². The van der Waals surface area contributed by atoms with Crippen LogP contribution in [0.15, 0.2) is 61.2 Å². The van der Waals surface area contributed by atoms with Crippen LogP contribution in [0.1, 0.15) is 32.3 Å². The van der Waals surface area contributed by atoms with Gasteiger partial charge in [-0.3, -0.25) is 0 Å². The van der Waals surface area contributed by atoms with Crippen molar-refractivity contribution in [2.75, 3.05) is 5.32 Å². The molecule has 0 spiro atoms. The third-order valence-electron chi connectivity index (χ3n) is 4.91. The highest BCUT2D eigenvalue weighted by molar-refractivity contribution is 6.32. The van der Waals surface area contributed by atoms with Gasteiger partial charge in [-0.1, -0.05) is 49.7 Å². The molecule has 2 heterocycles. The van der Waals surface area contributed by atoms with Gasteiger partial charge in [0.1, 0.15) is 18.2 Å². The summed E-state index contributed by atoms with van der Waals surface area (Å²) < 4.78 is 7.63. The Hall–Kier alpha value is -3.52. The predicted molar refractivity (Wildman–Crippen MR) is 124 cm³/mol. The van der Waals surface area contributed by atoms with Crippen LogP contribution in [0.2, 0.25) is 5.02 Å². The lowest BCUT2D eigenvalue weighted by atomic mass is 10.0. The average Bonchev–Trinajstić information content (AvgIpc) is 3.29. The average molecular weight is 450 g/mol. The molecule has 0 aliphatic heterocycles. The minimum Gasteiger partial charge on any atom is -0.487 e. The molecule has 0 unspecified atom stereocenters. The van der Waals surface area contributed by atoms with Crippen LogP contribution >= 0.6 is 11.6 Å². The van der Waals surface area contributed by atoms with Crippen molar-refractivity contribution < 1.29 is 4.74 Å². The number of rotatable bonds is 8. The van der Waals surface area contributed by atoms with Gasteiger partial charge in [-0.2, -0.15) is 0 Å². The number of ether oxygens (including phenoxy) is 1. The smallest absolute Gasteiger partial charge is 0.227 e. The summed E-state index contributed by atoms with van der Waals surface area (Å²) in [6.45, 7) is 6.76. The Labute approximate surface area is 191 Å². The van der Waals surface area contributed by atoms with Gasteiger partial charge in [0.25, 0.3) is 0 Å². The maximum absolute atomic E-state index is 6.35. The van der Waals surface area contributed by atoms with E-state index < -0.39 is 0 Å². The van der Waals surface area contributed by atoms with Gasteiger partial charge in [-0.15, -0.1) is 5.10 Å². The Kier molecular flexibility index (Phi) is 6.61. The topological polar surface area (TPSA) is 90.6 Å². The van der Waals surface area contributed by atoms with Crippen LogP contribution in [0, 0.1) is 0 Å². The first kappa shape index (κ1) is 21.7. The number of hydrogen-bond donors (Lipinski definition) is 1. The highest BCUT2D eigenvalue weighted by Crippen LogP contribution is 2.31. The maximum Gasteiger partial charge on any atom is 0.227 e. The fraction of sp³-hybridized carbons (Fsp3) is 0.261. The molecular weight excluding hydrogens is 426 g/mol. The number of para-hydroxylation sites is 1. The minimum atomic E-state index is -0.171. The molecule has 0 bridgehead atoms. The first-order valence-corrected chi connectivity index (χ1v) is 10.7. The lowest BCUT2D eigenvalue weighted by molar-refractivity contribution is 0.193. The van der Waals surface area contributed by atoms with Gasteiger partial charge >= 0.3 is 0 Å². The van der Waals surface area contributed by atoms with Gasteiger partial charge in [0.05, 0.1) is 11.6 Å². The van der Waals surface area contributed by atoms with E-state index in [1.165, 1.54) is 5.56 Å². The summed E-state index contributed by atoms with van der Waals surface area (Å²) in [5.74, 6) is 1.52. The zero-order valence-electron chi connectivity index (χ0n) is 18.1. The van der Waals surface area contributed by atoms with E-state index in [4.69, 9.17) is 16.3 Å². The van der Waals surface area contributed by atoms with Crippen molar-refractivity contribution in [2.24, 2.45) is 0 Å². The van der Waals surface area contributed by atoms with E-state index in [9.17, 15) is 0 Å². The molecule has 32 heavy (non-hydrogen) atoms. The van der Waals surface area contributed by atoms with Crippen molar-refractivity contribution in [2.45, 2.75) is 39.3 Å². The zero-order chi connectivity index (χ0) is 22.5. The zero-order valence-corrected chi connectivity index (χ0v) is 18.9. The molecule has 2 aromatic heterocycles. The summed E-state index contributed by atoms with van der Waals surface area (Å²) in [5, 5.41) is 15.0. The Balaban J connectivity index is 1.49. The van der Waals surface area contributed by atoms with Crippen LogP contribution in [0.5, 0.6) is 5.75 Å². The summed E-state index contributed by atoms with van der Waals surface area (Å²) in [4.78, 5) is 8.98. The molecule has 9 heteroatoms. The van der Waals surface area contributed by atoms with Crippen molar-refractivity contribution in [1.29, 1.82) is 0 Å². The van der Waals surface area contributed by atoms with E-state index >= 15 is 0 Å². The van der Waals surface area contributed by atoms with Crippen molar-refractivity contribution in [3.8, 4) is 16.9 Å². The summed E-state index contributed by atoms with van der Waals surface area (Å²) >= 11 is 6.35. The SMILES string of the molecule is CC(C)c1ccccc1Nc1ncc(-c2ccc(Cl)c(O[C@@H](C)Cn3cnnn3)c2)cn1. The molecule has 8 nitrogen and oxygen atoms in total. The van der Waals surface area contributed by atoms with E-state index in [1.54, 1.807) is 29.5 Å². The Bertz CT molecular complexity index is 1160. The van der Waals surface area contributed by atoms with Gasteiger partial charge < -0.3 is 10.1 Å². The number of nitrogens with zero attached hydrogens (tertiary/aromatic N) is 6. The van der Waals surface area contributed by atoms with Crippen molar-refractivity contribution in [3.05, 3.63) is 71.8 Å². The molecule has 0 aliphatic carbocycles. The van der Waals surface area contributed by atoms with Gasteiger partial charge in [0, 0.05) is 23.6 Å². The van der Waals surface area contributed by atoms with Crippen LogP contribution in [0.4, 0.5) is 11.6 Å². The fourth-order valence-electron chi connectivity index (χ4n) is 3.33. The molecular formula is C23H24ClN7O. The van der Waals surface area contributed by atoms with Crippen molar-refractivity contribution in [3.63, 3.8) is 0 Å². The number of aromatic nitrogens is 6. The van der Waals surface area contributed by atoms with E-state index in [2.05, 4.69) is 50.7 Å². The standard InChI is InChI=1S/C23H24ClN7O/c1-15(2)19-6-4-5-7-21(19)28-23-25-11-18(12-26-23)17-8-9-20(24)22(10-17)32-16(3)13-31-14-27-29-30-31/h4-12,14-16H,13H2,1-3H3,(H,25,26,28)/t16-/m0/s1. The van der Waals surface area contributed by atoms with Crippen LogP contribution in [0.25, 0.3) is 11.1 Å². The van der Waals surface area contributed by atoms with Gasteiger partial charge in [-0.25, -0.2) is 14.6 Å². The third-order valence-corrected chi connectivity index (χ3v) is 5.22. The highest BCUT2D eigenvalue weighted by atomic mass is 35.5. The normalized spacial score (nSPS) is 12.0. The molecule has 2 aromatic carbocycles. The summed E-state index contributed by atoms with van der Waals surface area (Å²) in [6.07, 6.45) is 4.94. The molecule has 0 radical (unpaired) electrons. The number of benzene rings is 2. The summed E-state index contributed by atoms with van der Waals surface area (Å²) in [7, 11) is 0. The molecule has 1 N–H and O–H groups in total. The van der Waals surface area contributed by atoms with Crippen molar-refractivity contribution in [1.82, 2.24) is 30.2 Å². The van der Waals surface area contributed by atoms with Crippen LogP contribution in [-0.2, 0) is 6.54 Å². The largest absolute Gasteiger partial charge is 0.487 e. The molecule has 0 saturated heterocycles. The molecule has 0 fully saturated rings. The quantitative estimate of drug-likeness (QED) is 0.399. The number of halogens is 1. The molecule has 1 atom stereocenters. The van der Waals surface area contributed by atoms with E-state index in [0.29, 0.717) is 29.2 Å². The minimum absolute atomic E-state index is 0.171. The first-order valence-electron chi connectivity index (χ1n) is 10.3. The van der Waals surface area contributed by atoms with Gasteiger partial charge in [-0.05, 0) is 52.6 Å². The molecule has 164 valence electrons. The van der Waals surface area contributed by atoms with Gasteiger partial charge in [0.2, 0.25) is 5.95 Å². The Morgan fingerprint density at radius 3 is 2.53 bits per heavy atom. The highest BCUT2D eigenvalue weighted by Gasteiger charge is 2.12. The molecule has 4 rings (SSSR count). The van der Waals surface area contributed by atoms with Crippen molar-refractivity contribution >= 4 is 23.2 Å². The lowest BCUT2D eigenvalue weighted by Crippen LogP contribution is -2.20. The first-order chi connectivity index (χ1) is 15.5. The lowest BCUT2D eigenvalue weighted by Gasteiger charge is -2.16. The van der Waals surface area contributed by atoms with Crippen LogP contribution in [-0.4, -0.2) is 36.3 Å². The Morgan fingerprint density at radius 1 is 1.03 bits per heavy atom. The summed E-state index contributed by atoms with van der Waals surface area (Å²) in [6, 6.07) is 13.8. The molecule has 0 aliphatic rings. The van der Waals surface area contributed by atoms with Crippen LogP contribution in [0.3, 0.4) is 0 Å². The summed E-state index contributed by atoms with van der Waals surface area (Å²) in [5.41, 5.74) is 4.00. The predicted octanol–water partition coefficient (Wildman–Crippen LogP) is 5.12. The third kappa shape index (κ3) is 5.20. The second kappa shape index (κ2) is 9.74. The molecule has 0 saturated carbocycles. The Morgan fingerprint density at radius 2 is 1.81 bits per heavy atom. The fourth-order valence-corrected chi connectivity index (χ4v) is 3.49. The van der Waals surface area contributed by atoms with Gasteiger partial charge in [0.15, 0.2) is 0 Å².